The fourth-order valence-corrected chi connectivity index (χ4v) is 2.41. The first-order valence-electron chi connectivity index (χ1n) is 7.74. The van der Waals surface area contributed by atoms with Crippen LogP contribution < -0.4 is 4.74 Å². The van der Waals surface area contributed by atoms with Gasteiger partial charge < -0.3 is 9.47 Å². The van der Waals surface area contributed by atoms with E-state index in [9.17, 15) is 8.78 Å². The van der Waals surface area contributed by atoms with Gasteiger partial charge in [-0.3, -0.25) is 0 Å². The second-order valence-electron chi connectivity index (χ2n) is 5.27. The normalized spacial score (nSPS) is 18.5. The van der Waals surface area contributed by atoms with E-state index in [-0.39, 0.29) is 17.4 Å². The highest BCUT2D eigenvalue weighted by molar-refractivity contribution is 5.52. The largest absolute Gasteiger partial charge is 0.491 e. The van der Waals surface area contributed by atoms with Crippen molar-refractivity contribution in [1.29, 1.82) is 0 Å². The molecule has 1 aliphatic rings. The molecule has 0 saturated heterocycles. The number of ether oxygens (including phenoxy) is 2. The number of hydrogen-bond donors (Lipinski definition) is 0. The quantitative estimate of drug-likeness (QED) is 0.696. The van der Waals surface area contributed by atoms with Crippen LogP contribution in [0, 0.1) is 11.6 Å². The Labute approximate surface area is 130 Å². The molecule has 1 aromatic carbocycles. The lowest BCUT2D eigenvalue weighted by Gasteiger charge is -2.20. The van der Waals surface area contributed by atoms with Gasteiger partial charge in [0, 0.05) is 5.56 Å². The van der Waals surface area contributed by atoms with Gasteiger partial charge in [-0.05, 0) is 37.5 Å². The van der Waals surface area contributed by atoms with Crippen LogP contribution in [-0.2, 0) is 4.74 Å². The Morgan fingerprint density at radius 3 is 2.73 bits per heavy atom. The molecule has 1 aliphatic heterocycles. The summed E-state index contributed by atoms with van der Waals surface area (Å²) in [6.45, 7) is 4.78. The summed E-state index contributed by atoms with van der Waals surface area (Å²) in [5.41, 5.74) is 1.51. The first-order valence-corrected chi connectivity index (χ1v) is 7.74. The maximum Gasteiger partial charge on any atom is 0.201 e. The van der Waals surface area contributed by atoms with Gasteiger partial charge in [0.05, 0.1) is 19.3 Å². The molecule has 0 N–H and O–H groups in total. The van der Waals surface area contributed by atoms with Crippen LogP contribution in [0.5, 0.6) is 5.75 Å². The molecular formula is C18H22F2O2. The second kappa shape index (κ2) is 8.08. The number of halogens is 2. The highest BCUT2D eigenvalue weighted by Crippen LogP contribution is 2.24. The van der Waals surface area contributed by atoms with E-state index < -0.39 is 11.6 Å². The van der Waals surface area contributed by atoms with E-state index in [1.807, 2.05) is 0 Å². The number of benzene rings is 1. The molecule has 0 bridgehead atoms. The van der Waals surface area contributed by atoms with Gasteiger partial charge in [-0.1, -0.05) is 31.6 Å². The minimum Gasteiger partial charge on any atom is -0.491 e. The standard InChI is InChI=1S/C18H22F2O2/c1-3-5-13-6-9-15(22-12-13)10-7-14-8-11-16(21-4-2)18(20)17(14)19/h6-8,10-11,15H,3-5,9,12H2,1-2H3/b10-7+. The van der Waals surface area contributed by atoms with Crippen molar-refractivity contribution in [3.63, 3.8) is 0 Å². The number of hydrogen-bond acceptors (Lipinski definition) is 2. The lowest BCUT2D eigenvalue weighted by Crippen LogP contribution is -2.16. The van der Waals surface area contributed by atoms with Gasteiger partial charge in [-0.25, -0.2) is 4.39 Å². The van der Waals surface area contributed by atoms with Gasteiger partial charge in [-0.15, -0.1) is 0 Å². The summed E-state index contributed by atoms with van der Waals surface area (Å²) >= 11 is 0. The first-order chi connectivity index (χ1) is 10.7. The van der Waals surface area contributed by atoms with Crippen LogP contribution >= 0.6 is 0 Å². The van der Waals surface area contributed by atoms with Crippen molar-refractivity contribution in [2.75, 3.05) is 13.2 Å². The molecule has 0 spiro atoms. The zero-order chi connectivity index (χ0) is 15.9. The maximum atomic E-state index is 13.9. The molecule has 22 heavy (non-hydrogen) atoms. The Kier molecular flexibility index (Phi) is 6.13. The molecule has 0 aromatic heterocycles. The van der Waals surface area contributed by atoms with E-state index in [2.05, 4.69) is 13.0 Å². The Balaban J connectivity index is 2.04. The fraction of sp³-hybridized carbons (Fsp3) is 0.444. The van der Waals surface area contributed by atoms with Crippen molar-refractivity contribution in [3.05, 3.63) is 47.1 Å². The third kappa shape index (κ3) is 4.17. The average molecular weight is 308 g/mol. The highest BCUT2D eigenvalue weighted by Gasteiger charge is 2.14. The SMILES string of the molecule is CCCC1=CCC(/C=C/c2ccc(OCC)c(F)c2F)OC1. The van der Waals surface area contributed by atoms with Gasteiger partial charge in [-0.2, -0.15) is 4.39 Å². The molecule has 0 aliphatic carbocycles. The van der Waals surface area contributed by atoms with Crippen LogP contribution in [0.15, 0.2) is 29.9 Å². The van der Waals surface area contributed by atoms with Crippen molar-refractivity contribution in [2.45, 2.75) is 39.2 Å². The molecule has 0 amide bonds. The third-order valence-electron chi connectivity index (χ3n) is 3.56. The predicted octanol–water partition coefficient (Wildman–Crippen LogP) is 4.89. The number of rotatable bonds is 6. The topological polar surface area (TPSA) is 18.5 Å². The van der Waals surface area contributed by atoms with Gasteiger partial charge >= 0.3 is 0 Å². The molecule has 120 valence electrons. The van der Waals surface area contributed by atoms with Crippen LogP contribution in [0.2, 0.25) is 0 Å². The van der Waals surface area contributed by atoms with Gasteiger partial charge in [0.15, 0.2) is 11.6 Å². The van der Waals surface area contributed by atoms with E-state index in [4.69, 9.17) is 9.47 Å². The highest BCUT2D eigenvalue weighted by atomic mass is 19.2. The van der Waals surface area contributed by atoms with Gasteiger partial charge in [0.2, 0.25) is 5.82 Å². The van der Waals surface area contributed by atoms with Crippen molar-refractivity contribution < 1.29 is 18.3 Å². The predicted molar refractivity (Wildman–Crippen MR) is 83.9 cm³/mol. The van der Waals surface area contributed by atoms with Crippen molar-refractivity contribution >= 4 is 6.08 Å². The molecule has 1 heterocycles. The smallest absolute Gasteiger partial charge is 0.201 e. The fourth-order valence-electron chi connectivity index (χ4n) is 2.41. The molecule has 0 saturated carbocycles. The second-order valence-corrected chi connectivity index (χ2v) is 5.27. The third-order valence-corrected chi connectivity index (χ3v) is 3.56. The summed E-state index contributed by atoms with van der Waals surface area (Å²) < 4.78 is 38.5. The maximum absolute atomic E-state index is 13.9. The lowest BCUT2D eigenvalue weighted by atomic mass is 10.0. The minimum absolute atomic E-state index is 0.0572. The Hall–Kier alpha value is -1.68. The van der Waals surface area contributed by atoms with Crippen molar-refractivity contribution in [1.82, 2.24) is 0 Å². The first kappa shape index (κ1) is 16.7. The molecule has 1 unspecified atom stereocenters. The van der Waals surface area contributed by atoms with Crippen LogP contribution in [0.1, 0.15) is 38.7 Å². The van der Waals surface area contributed by atoms with Crippen molar-refractivity contribution in [3.8, 4) is 5.75 Å². The van der Waals surface area contributed by atoms with E-state index in [0.717, 1.165) is 19.3 Å². The minimum atomic E-state index is -0.946. The van der Waals surface area contributed by atoms with Gasteiger partial charge in [0.1, 0.15) is 0 Å². The van der Waals surface area contributed by atoms with Crippen LogP contribution in [0.3, 0.4) is 0 Å². The molecule has 1 aromatic rings. The molecule has 0 fully saturated rings. The summed E-state index contributed by atoms with van der Waals surface area (Å²) in [6.07, 6.45) is 8.36. The van der Waals surface area contributed by atoms with E-state index in [1.165, 1.54) is 17.7 Å². The van der Waals surface area contributed by atoms with Crippen LogP contribution in [0.25, 0.3) is 6.08 Å². The summed E-state index contributed by atoms with van der Waals surface area (Å²) in [6, 6.07) is 2.96. The molecule has 4 heteroatoms. The average Bonchev–Trinajstić information content (AvgIpc) is 2.53. The lowest BCUT2D eigenvalue weighted by molar-refractivity contribution is 0.0943. The molecule has 0 radical (unpaired) electrons. The molecular weight excluding hydrogens is 286 g/mol. The monoisotopic (exact) mass is 308 g/mol. The molecule has 1 atom stereocenters. The van der Waals surface area contributed by atoms with Crippen molar-refractivity contribution in [2.24, 2.45) is 0 Å². The molecule has 2 rings (SSSR count). The Morgan fingerprint density at radius 1 is 1.27 bits per heavy atom. The van der Waals surface area contributed by atoms with E-state index >= 15 is 0 Å². The van der Waals surface area contributed by atoms with Gasteiger partial charge in [0.25, 0.3) is 0 Å². The zero-order valence-electron chi connectivity index (χ0n) is 13.1. The van der Waals surface area contributed by atoms with Crippen LogP contribution in [0.4, 0.5) is 8.78 Å². The summed E-state index contributed by atoms with van der Waals surface area (Å²) in [5, 5.41) is 0. The van der Waals surface area contributed by atoms with Crippen LogP contribution in [-0.4, -0.2) is 19.3 Å². The summed E-state index contributed by atoms with van der Waals surface area (Å²) in [4.78, 5) is 0. The Bertz CT molecular complexity index is 564. The van der Waals surface area contributed by atoms with E-state index in [1.54, 1.807) is 19.1 Å². The summed E-state index contributed by atoms with van der Waals surface area (Å²) in [7, 11) is 0. The Morgan fingerprint density at radius 2 is 2.09 bits per heavy atom. The molecule has 2 nitrogen and oxygen atoms in total. The zero-order valence-corrected chi connectivity index (χ0v) is 13.1. The summed E-state index contributed by atoms with van der Waals surface area (Å²) in [5.74, 6) is -1.89. The van der Waals surface area contributed by atoms with E-state index in [0.29, 0.717) is 13.2 Å².